The van der Waals surface area contributed by atoms with Gasteiger partial charge in [0.05, 0.1) is 19.0 Å². The molecule has 60 valence electrons. The molecule has 0 spiro atoms. The van der Waals surface area contributed by atoms with Crippen LogP contribution in [0.5, 0.6) is 5.88 Å². The van der Waals surface area contributed by atoms with Gasteiger partial charge in [0.15, 0.2) is 0 Å². The Morgan fingerprint density at radius 2 is 2.36 bits per heavy atom. The van der Waals surface area contributed by atoms with E-state index >= 15 is 0 Å². The van der Waals surface area contributed by atoms with E-state index < -0.39 is 0 Å². The Bertz CT molecular complexity index is 227. The van der Waals surface area contributed by atoms with Gasteiger partial charge in [0.1, 0.15) is 5.82 Å². The molecular weight excluding hydrogens is 142 g/mol. The Labute approximate surface area is 65.4 Å². The number of nitrogens with two attached hydrogens (primary N) is 1. The topological polar surface area (TPSA) is 61.0 Å². The van der Waals surface area contributed by atoms with E-state index in [1.807, 2.05) is 6.92 Å². The van der Waals surface area contributed by atoms with Crippen molar-refractivity contribution in [2.24, 2.45) is 0 Å². The first-order valence-corrected chi connectivity index (χ1v) is 3.53. The Hall–Kier alpha value is -1.32. The highest BCUT2D eigenvalue weighted by atomic mass is 16.5. The van der Waals surface area contributed by atoms with E-state index in [1.165, 1.54) is 6.20 Å². The number of ether oxygens (including phenoxy) is 1. The number of nitrogen functional groups attached to an aromatic ring is 1. The SMILES string of the molecule is CCCOc1cncc(N)n1. The van der Waals surface area contributed by atoms with Gasteiger partial charge in [-0.3, -0.25) is 4.98 Å². The third kappa shape index (κ3) is 2.41. The molecule has 1 heterocycles. The average molecular weight is 153 g/mol. The third-order valence-electron chi connectivity index (χ3n) is 1.09. The first kappa shape index (κ1) is 7.78. The maximum Gasteiger partial charge on any atom is 0.234 e. The zero-order valence-electron chi connectivity index (χ0n) is 6.45. The smallest absolute Gasteiger partial charge is 0.234 e. The van der Waals surface area contributed by atoms with E-state index in [9.17, 15) is 0 Å². The maximum absolute atomic E-state index is 5.38. The van der Waals surface area contributed by atoms with Crippen LogP contribution < -0.4 is 10.5 Å². The lowest BCUT2D eigenvalue weighted by Gasteiger charge is -2.01. The number of rotatable bonds is 3. The lowest BCUT2D eigenvalue weighted by atomic mass is 10.5. The van der Waals surface area contributed by atoms with Crippen LogP contribution in [-0.2, 0) is 0 Å². The van der Waals surface area contributed by atoms with Crippen LogP contribution in [-0.4, -0.2) is 16.6 Å². The molecule has 0 radical (unpaired) electrons. The van der Waals surface area contributed by atoms with Crippen molar-refractivity contribution >= 4 is 5.82 Å². The zero-order valence-corrected chi connectivity index (χ0v) is 6.45. The molecule has 0 unspecified atom stereocenters. The van der Waals surface area contributed by atoms with Crippen molar-refractivity contribution in [2.75, 3.05) is 12.3 Å². The van der Waals surface area contributed by atoms with Crippen LogP contribution >= 0.6 is 0 Å². The summed E-state index contributed by atoms with van der Waals surface area (Å²) >= 11 is 0. The summed E-state index contributed by atoms with van der Waals surface area (Å²) < 4.78 is 5.18. The van der Waals surface area contributed by atoms with Crippen molar-refractivity contribution in [1.29, 1.82) is 0 Å². The molecule has 0 bridgehead atoms. The van der Waals surface area contributed by atoms with Crippen LogP contribution in [0.2, 0.25) is 0 Å². The molecule has 4 nitrogen and oxygen atoms in total. The van der Waals surface area contributed by atoms with Gasteiger partial charge in [0.25, 0.3) is 0 Å². The van der Waals surface area contributed by atoms with Crippen LogP contribution in [0.1, 0.15) is 13.3 Å². The van der Waals surface area contributed by atoms with Crippen molar-refractivity contribution in [3.8, 4) is 5.88 Å². The molecule has 2 N–H and O–H groups in total. The van der Waals surface area contributed by atoms with E-state index in [0.29, 0.717) is 18.3 Å². The number of hydrogen-bond acceptors (Lipinski definition) is 4. The molecule has 0 saturated carbocycles. The summed E-state index contributed by atoms with van der Waals surface area (Å²) in [6.07, 6.45) is 3.99. The molecular formula is C7H11N3O. The van der Waals surface area contributed by atoms with Gasteiger partial charge in [-0.05, 0) is 6.42 Å². The molecule has 0 fully saturated rings. The van der Waals surface area contributed by atoms with Crippen LogP contribution in [0.15, 0.2) is 12.4 Å². The molecule has 4 heteroatoms. The quantitative estimate of drug-likeness (QED) is 0.699. The van der Waals surface area contributed by atoms with Crippen molar-refractivity contribution in [3.05, 3.63) is 12.4 Å². The Kier molecular flexibility index (Phi) is 2.66. The fourth-order valence-corrected chi connectivity index (χ4v) is 0.639. The minimum atomic E-state index is 0.388. The number of nitrogens with zero attached hydrogens (tertiary/aromatic N) is 2. The summed E-state index contributed by atoms with van der Waals surface area (Å²) in [5.41, 5.74) is 5.38. The predicted molar refractivity (Wildman–Crippen MR) is 42.2 cm³/mol. The number of hydrogen-bond donors (Lipinski definition) is 1. The lowest BCUT2D eigenvalue weighted by Crippen LogP contribution is -1.99. The van der Waals surface area contributed by atoms with Crippen LogP contribution in [0.25, 0.3) is 0 Å². The first-order valence-electron chi connectivity index (χ1n) is 3.53. The summed E-state index contributed by atoms with van der Waals surface area (Å²) in [6.45, 7) is 2.68. The monoisotopic (exact) mass is 153 g/mol. The van der Waals surface area contributed by atoms with Crippen LogP contribution in [0.4, 0.5) is 5.82 Å². The summed E-state index contributed by atoms with van der Waals surface area (Å²) in [5, 5.41) is 0. The second-order valence-corrected chi connectivity index (χ2v) is 2.13. The minimum Gasteiger partial charge on any atom is -0.477 e. The fraction of sp³-hybridized carbons (Fsp3) is 0.429. The number of anilines is 1. The molecule has 1 aromatic rings. The number of aromatic nitrogens is 2. The Morgan fingerprint density at radius 1 is 1.55 bits per heavy atom. The summed E-state index contributed by atoms with van der Waals surface area (Å²) in [5.74, 6) is 0.880. The highest BCUT2D eigenvalue weighted by Crippen LogP contribution is 2.05. The summed E-state index contributed by atoms with van der Waals surface area (Å²) in [6, 6.07) is 0. The molecule has 0 amide bonds. The van der Waals surface area contributed by atoms with E-state index in [1.54, 1.807) is 6.20 Å². The van der Waals surface area contributed by atoms with Gasteiger partial charge in [0.2, 0.25) is 5.88 Å². The second kappa shape index (κ2) is 3.75. The molecule has 1 rings (SSSR count). The van der Waals surface area contributed by atoms with Gasteiger partial charge in [0, 0.05) is 0 Å². The van der Waals surface area contributed by atoms with E-state index in [-0.39, 0.29) is 0 Å². The fourth-order valence-electron chi connectivity index (χ4n) is 0.639. The maximum atomic E-state index is 5.38. The molecule has 0 aliphatic heterocycles. The van der Waals surface area contributed by atoms with E-state index in [0.717, 1.165) is 6.42 Å². The minimum absolute atomic E-state index is 0.388. The third-order valence-corrected chi connectivity index (χ3v) is 1.09. The van der Waals surface area contributed by atoms with E-state index in [4.69, 9.17) is 10.5 Å². The summed E-state index contributed by atoms with van der Waals surface area (Å²) in [4.78, 5) is 7.73. The molecule has 0 aromatic carbocycles. The van der Waals surface area contributed by atoms with Crippen molar-refractivity contribution in [2.45, 2.75) is 13.3 Å². The van der Waals surface area contributed by atoms with Gasteiger partial charge < -0.3 is 10.5 Å². The van der Waals surface area contributed by atoms with Gasteiger partial charge in [-0.25, -0.2) is 0 Å². The zero-order chi connectivity index (χ0) is 8.10. The molecule has 0 saturated heterocycles. The highest BCUT2D eigenvalue weighted by molar-refractivity contribution is 5.25. The van der Waals surface area contributed by atoms with Crippen LogP contribution in [0, 0.1) is 0 Å². The molecule has 0 aliphatic carbocycles. The van der Waals surface area contributed by atoms with Crippen molar-refractivity contribution < 1.29 is 4.74 Å². The molecule has 0 aliphatic rings. The average Bonchev–Trinajstić information content (AvgIpc) is 2.01. The standard InChI is InChI=1S/C7H11N3O/c1-2-3-11-7-5-9-4-6(8)10-7/h4-5H,2-3H2,1H3,(H2,8,10). The van der Waals surface area contributed by atoms with Gasteiger partial charge >= 0.3 is 0 Å². The van der Waals surface area contributed by atoms with Gasteiger partial charge in [-0.1, -0.05) is 6.92 Å². The van der Waals surface area contributed by atoms with Crippen LogP contribution in [0.3, 0.4) is 0 Å². The Morgan fingerprint density at radius 3 is 3.00 bits per heavy atom. The van der Waals surface area contributed by atoms with Crippen molar-refractivity contribution in [1.82, 2.24) is 9.97 Å². The predicted octanol–water partition coefficient (Wildman–Crippen LogP) is 0.848. The normalized spacial score (nSPS) is 9.55. The molecule has 1 aromatic heterocycles. The summed E-state index contributed by atoms with van der Waals surface area (Å²) in [7, 11) is 0. The lowest BCUT2D eigenvalue weighted by molar-refractivity contribution is 0.304. The first-order chi connectivity index (χ1) is 5.33. The molecule has 11 heavy (non-hydrogen) atoms. The van der Waals surface area contributed by atoms with Gasteiger partial charge in [-0.15, -0.1) is 0 Å². The largest absolute Gasteiger partial charge is 0.477 e. The van der Waals surface area contributed by atoms with Crippen molar-refractivity contribution in [3.63, 3.8) is 0 Å². The van der Waals surface area contributed by atoms with E-state index in [2.05, 4.69) is 9.97 Å². The van der Waals surface area contributed by atoms with Gasteiger partial charge in [-0.2, -0.15) is 4.98 Å². The second-order valence-electron chi connectivity index (χ2n) is 2.13. The highest BCUT2D eigenvalue weighted by Gasteiger charge is 1.93. The molecule has 0 atom stereocenters. The Balaban J connectivity index is 2.56.